The van der Waals surface area contributed by atoms with E-state index in [1.807, 2.05) is 0 Å². The molecule has 0 heterocycles. The van der Waals surface area contributed by atoms with Gasteiger partial charge in [-0.15, -0.1) is 0 Å². The molecule has 0 bridgehead atoms. The maximum Gasteiger partial charge on any atom is 0.0211 e. The van der Waals surface area contributed by atoms with Crippen LogP contribution in [-0.2, 0) is 6.42 Å². The number of rotatable bonds is 2. The fourth-order valence-corrected chi connectivity index (χ4v) is 2.80. The summed E-state index contributed by atoms with van der Waals surface area (Å²) < 4.78 is 1.32. The second kappa shape index (κ2) is 5.00. The van der Waals surface area contributed by atoms with E-state index < -0.39 is 0 Å². The zero-order valence-electron chi connectivity index (χ0n) is 9.63. The van der Waals surface area contributed by atoms with E-state index in [9.17, 15) is 0 Å². The van der Waals surface area contributed by atoms with Crippen molar-refractivity contribution in [2.75, 3.05) is 0 Å². The van der Waals surface area contributed by atoms with Crippen LogP contribution in [0.1, 0.15) is 18.1 Å². The van der Waals surface area contributed by atoms with Gasteiger partial charge in [0.1, 0.15) is 0 Å². The van der Waals surface area contributed by atoms with E-state index in [2.05, 4.69) is 78.9 Å². The summed E-state index contributed by atoms with van der Waals surface area (Å²) in [5.74, 6) is 0. The number of halogens is 1. The Bertz CT molecular complexity index is 501. The van der Waals surface area contributed by atoms with Crippen LogP contribution in [0, 0.1) is 10.5 Å². The van der Waals surface area contributed by atoms with E-state index in [1.165, 1.54) is 25.8 Å². The Kier molecular flexibility index (Phi) is 3.64. The van der Waals surface area contributed by atoms with Gasteiger partial charge in [0.15, 0.2) is 0 Å². The molecule has 1 heteroatoms. The zero-order valence-corrected chi connectivity index (χ0v) is 11.8. The lowest BCUT2D eigenvalue weighted by Crippen LogP contribution is -1.86. The van der Waals surface area contributed by atoms with Gasteiger partial charge < -0.3 is 0 Å². The molecule has 0 amide bonds. The molecule has 0 saturated carbocycles. The van der Waals surface area contributed by atoms with Gasteiger partial charge in [-0.2, -0.15) is 0 Å². The van der Waals surface area contributed by atoms with Crippen molar-refractivity contribution >= 4 is 22.6 Å². The molecule has 0 nitrogen and oxygen atoms in total. The summed E-state index contributed by atoms with van der Waals surface area (Å²) in [6, 6.07) is 15.4. The number of aryl methyl sites for hydroxylation is 2. The van der Waals surface area contributed by atoms with Gasteiger partial charge in [-0.25, -0.2) is 0 Å². The van der Waals surface area contributed by atoms with Crippen LogP contribution in [0.15, 0.2) is 42.5 Å². The fourth-order valence-electron chi connectivity index (χ4n) is 1.81. The van der Waals surface area contributed by atoms with Crippen molar-refractivity contribution < 1.29 is 0 Å². The third-order valence-corrected chi connectivity index (χ3v) is 3.66. The molecule has 0 N–H and O–H groups in total. The standard InChI is InChI=1S/C15H15I/c1-3-12-5-4-6-13(10-12)14-8-7-11(2)9-15(14)16/h4-10H,3H2,1-2H3. The summed E-state index contributed by atoms with van der Waals surface area (Å²) in [6.07, 6.45) is 1.09. The summed E-state index contributed by atoms with van der Waals surface area (Å²) in [6.45, 7) is 4.33. The SMILES string of the molecule is CCc1cccc(-c2ccc(C)cc2I)c1. The molecule has 0 saturated heterocycles. The fraction of sp³-hybridized carbons (Fsp3) is 0.200. The van der Waals surface area contributed by atoms with Crippen LogP contribution in [0.5, 0.6) is 0 Å². The molecule has 0 aliphatic heterocycles. The molecule has 0 atom stereocenters. The highest BCUT2D eigenvalue weighted by molar-refractivity contribution is 14.1. The summed E-state index contributed by atoms with van der Waals surface area (Å²) in [7, 11) is 0. The van der Waals surface area contributed by atoms with Crippen LogP contribution in [0.2, 0.25) is 0 Å². The normalized spacial score (nSPS) is 10.4. The summed E-state index contributed by atoms with van der Waals surface area (Å²) in [5, 5.41) is 0. The molecule has 0 unspecified atom stereocenters. The van der Waals surface area contributed by atoms with E-state index >= 15 is 0 Å². The van der Waals surface area contributed by atoms with Gasteiger partial charge in [-0.1, -0.05) is 48.9 Å². The average molecular weight is 322 g/mol. The first-order chi connectivity index (χ1) is 7.70. The van der Waals surface area contributed by atoms with Crippen LogP contribution in [-0.4, -0.2) is 0 Å². The first kappa shape index (κ1) is 11.6. The van der Waals surface area contributed by atoms with Gasteiger partial charge in [-0.05, 0) is 58.7 Å². The molecule has 2 aromatic carbocycles. The molecule has 2 rings (SSSR count). The van der Waals surface area contributed by atoms with E-state index in [1.54, 1.807) is 0 Å². The van der Waals surface area contributed by atoms with Gasteiger partial charge in [0.2, 0.25) is 0 Å². The largest absolute Gasteiger partial charge is 0.0614 e. The Balaban J connectivity index is 2.49. The third-order valence-electron chi connectivity index (χ3n) is 2.77. The number of hydrogen-bond donors (Lipinski definition) is 0. The van der Waals surface area contributed by atoms with Crippen molar-refractivity contribution in [1.82, 2.24) is 0 Å². The lowest BCUT2D eigenvalue weighted by Gasteiger charge is -2.07. The van der Waals surface area contributed by atoms with Crippen molar-refractivity contribution in [3.8, 4) is 11.1 Å². The smallest absolute Gasteiger partial charge is 0.0211 e. The Labute approximate surface area is 111 Å². The zero-order chi connectivity index (χ0) is 11.5. The van der Waals surface area contributed by atoms with Crippen molar-refractivity contribution in [2.24, 2.45) is 0 Å². The van der Waals surface area contributed by atoms with Crippen molar-refractivity contribution in [3.63, 3.8) is 0 Å². The highest BCUT2D eigenvalue weighted by Crippen LogP contribution is 2.26. The highest BCUT2D eigenvalue weighted by Gasteiger charge is 2.03. The molecule has 0 aliphatic rings. The predicted octanol–water partition coefficient (Wildman–Crippen LogP) is 4.83. The molecule has 2 aromatic rings. The molecule has 0 fully saturated rings. The van der Waals surface area contributed by atoms with Crippen molar-refractivity contribution in [3.05, 3.63) is 57.2 Å². The second-order valence-electron chi connectivity index (χ2n) is 4.04. The second-order valence-corrected chi connectivity index (χ2v) is 5.20. The molecule has 16 heavy (non-hydrogen) atoms. The van der Waals surface area contributed by atoms with E-state index in [0.717, 1.165) is 6.42 Å². The minimum Gasteiger partial charge on any atom is -0.0614 e. The molecule has 0 radical (unpaired) electrons. The monoisotopic (exact) mass is 322 g/mol. The maximum absolute atomic E-state index is 2.41. The lowest BCUT2D eigenvalue weighted by molar-refractivity contribution is 1.14. The highest BCUT2D eigenvalue weighted by atomic mass is 127. The van der Waals surface area contributed by atoms with Crippen LogP contribution in [0.3, 0.4) is 0 Å². The van der Waals surface area contributed by atoms with Crippen molar-refractivity contribution in [1.29, 1.82) is 0 Å². The minimum absolute atomic E-state index is 1.09. The molecular formula is C15H15I. The summed E-state index contributed by atoms with van der Waals surface area (Å²) in [4.78, 5) is 0. The Hall–Kier alpha value is -0.830. The van der Waals surface area contributed by atoms with Crippen LogP contribution < -0.4 is 0 Å². The van der Waals surface area contributed by atoms with Gasteiger partial charge in [0.25, 0.3) is 0 Å². The van der Waals surface area contributed by atoms with Gasteiger partial charge in [0, 0.05) is 3.57 Å². The van der Waals surface area contributed by atoms with Gasteiger partial charge >= 0.3 is 0 Å². The Morgan fingerprint density at radius 1 is 1.06 bits per heavy atom. The van der Waals surface area contributed by atoms with Crippen molar-refractivity contribution in [2.45, 2.75) is 20.3 Å². The van der Waals surface area contributed by atoms with Gasteiger partial charge in [-0.3, -0.25) is 0 Å². The van der Waals surface area contributed by atoms with E-state index in [-0.39, 0.29) is 0 Å². The number of hydrogen-bond acceptors (Lipinski definition) is 0. The quantitative estimate of drug-likeness (QED) is 0.695. The Morgan fingerprint density at radius 3 is 2.56 bits per heavy atom. The topological polar surface area (TPSA) is 0 Å². The molecule has 0 aliphatic carbocycles. The first-order valence-corrected chi connectivity index (χ1v) is 6.64. The molecule has 82 valence electrons. The van der Waals surface area contributed by atoms with Crippen LogP contribution in [0.25, 0.3) is 11.1 Å². The summed E-state index contributed by atoms with van der Waals surface area (Å²) in [5.41, 5.74) is 5.37. The third kappa shape index (κ3) is 2.46. The van der Waals surface area contributed by atoms with Crippen LogP contribution in [0.4, 0.5) is 0 Å². The first-order valence-electron chi connectivity index (χ1n) is 5.56. The molecular weight excluding hydrogens is 307 g/mol. The summed E-state index contributed by atoms with van der Waals surface area (Å²) >= 11 is 2.41. The average Bonchev–Trinajstić information content (AvgIpc) is 2.29. The Morgan fingerprint density at radius 2 is 1.88 bits per heavy atom. The van der Waals surface area contributed by atoms with Gasteiger partial charge in [0.05, 0.1) is 0 Å². The molecule has 0 spiro atoms. The van der Waals surface area contributed by atoms with Crippen LogP contribution >= 0.6 is 22.6 Å². The predicted molar refractivity (Wildman–Crippen MR) is 78.7 cm³/mol. The van der Waals surface area contributed by atoms with E-state index in [0.29, 0.717) is 0 Å². The van der Waals surface area contributed by atoms with E-state index in [4.69, 9.17) is 0 Å². The number of benzene rings is 2. The maximum atomic E-state index is 2.41. The minimum atomic E-state index is 1.09. The molecule has 0 aromatic heterocycles. The lowest BCUT2D eigenvalue weighted by atomic mass is 10.0.